The van der Waals surface area contributed by atoms with E-state index in [2.05, 4.69) is 5.32 Å². The number of hydrogen-bond donors (Lipinski definition) is 2. The van der Waals surface area contributed by atoms with Gasteiger partial charge < -0.3 is 19.3 Å². The molecular formula is C13H25NO5S. The average molecular weight is 307 g/mol. The van der Waals surface area contributed by atoms with Crippen LogP contribution in [0.15, 0.2) is 0 Å². The van der Waals surface area contributed by atoms with Gasteiger partial charge in [0.2, 0.25) is 5.91 Å². The van der Waals surface area contributed by atoms with Crippen molar-refractivity contribution in [1.82, 2.24) is 5.32 Å². The Morgan fingerprint density at radius 3 is 2.55 bits per heavy atom. The van der Waals surface area contributed by atoms with Crippen LogP contribution in [0.5, 0.6) is 0 Å². The molecule has 20 heavy (non-hydrogen) atoms. The number of carboxylic acids is 1. The fourth-order valence-corrected chi connectivity index (χ4v) is 1.95. The Hall–Kier alpha value is -0.790. The first-order valence-electron chi connectivity index (χ1n) is 6.55. The highest BCUT2D eigenvalue weighted by Crippen LogP contribution is 2.19. The van der Waals surface area contributed by atoms with Gasteiger partial charge in [-0.3, -0.25) is 9.59 Å². The molecule has 0 bridgehead atoms. The van der Waals surface area contributed by atoms with Crippen LogP contribution < -0.4 is 5.32 Å². The van der Waals surface area contributed by atoms with E-state index >= 15 is 0 Å². The molecular weight excluding hydrogens is 282 g/mol. The van der Waals surface area contributed by atoms with Crippen LogP contribution >= 0.6 is 12.0 Å². The molecule has 0 aliphatic heterocycles. The van der Waals surface area contributed by atoms with E-state index in [4.69, 9.17) is 14.0 Å². The highest BCUT2D eigenvalue weighted by Gasteiger charge is 2.28. The first-order valence-corrected chi connectivity index (χ1v) is 7.46. The third kappa shape index (κ3) is 9.17. The lowest BCUT2D eigenvalue weighted by atomic mass is 9.89. The van der Waals surface area contributed by atoms with Crippen molar-refractivity contribution in [3.05, 3.63) is 0 Å². The number of rotatable bonds is 11. The van der Waals surface area contributed by atoms with Gasteiger partial charge in [-0.2, -0.15) is 0 Å². The van der Waals surface area contributed by atoms with Crippen molar-refractivity contribution in [2.24, 2.45) is 5.92 Å². The zero-order valence-corrected chi connectivity index (χ0v) is 13.4. The molecule has 118 valence electrons. The molecule has 0 saturated heterocycles. The minimum Gasteiger partial charge on any atom is -0.481 e. The van der Waals surface area contributed by atoms with E-state index in [-0.39, 0.29) is 24.7 Å². The number of carboxylic acid groups (broad SMARTS) is 1. The van der Waals surface area contributed by atoms with Crippen LogP contribution in [0.1, 0.15) is 33.6 Å². The van der Waals surface area contributed by atoms with Gasteiger partial charge in [0.25, 0.3) is 0 Å². The lowest BCUT2D eigenvalue weighted by molar-refractivity contribution is -0.139. The summed E-state index contributed by atoms with van der Waals surface area (Å²) in [4.78, 5) is 22.1. The molecule has 6 nitrogen and oxygen atoms in total. The Bertz CT molecular complexity index is 309. The Morgan fingerprint density at radius 1 is 1.35 bits per heavy atom. The molecule has 1 unspecified atom stereocenters. The van der Waals surface area contributed by atoms with Gasteiger partial charge in [0.15, 0.2) is 0 Å². The summed E-state index contributed by atoms with van der Waals surface area (Å²) in [6, 6.07) is 0. The van der Waals surface area contributed by atoms with E-state index in [0.29, 0.717) is 13.2 Å². The highest BCUT2D eigenvalue weighted by atomic mass is 32.2. The first-order chi connectivity index (χ1) is 9.29. The topological polar surface area (TPSA) is 84.9 Å². The maximum absolute atomic E-state index is 11.6. The Balaban J connectivity index is 4.00. The summed E-state index contributed by atoms with van der Waals surface area (Å²) in [5.74, 6) is -0.360. The van der Waals surface area contributed by atoms with Crippen LogP contribution in [0.25, 0.3) is 0 Å². The summed E-state index contributed by atoms with van der Waals surface area (Å²) in [5.41, 5.74) is -0.447. The van der Waals surface area contributed by atoms with Crippen molar-refractivity contribution in [3.63, 3.8) is 0 Å². The number of carbonyl (C=O) groups excluding carboxylic acids is 1. The summed E-state index contributed by atoms with van der Waals surface area (Å²) >= 11 is 1.34. The predicted octanol–water partition coefficient (Wildman–Crippen LogP) is 1.69. The lowest BCUT2D eigenvalue weighted by Gasteiger charge is -2.32. The SMILES string of the molecule is COCCSOCC(C)C(C)(C)NC(=O)CCC(=O)O. The third-order valence-electron chi connectivity index (χ3n) is 3.03. The molecule has 2 N–H and O–H groups in total. The molecule has 1 amide bonds. The van der Waals surface area contributed by atoms with E-state index in [9.17, 15) is 9.59 Å². The van der Waals surface area contributed by atoms with Crippen LogP contribution in [0.2, 0.25) is 0 Å². The number of carbonyl (C=O) groups is 2. The van der Waals surface area contributed by atoms with Crippen molar-refractivity contribution in [2.45, 2.75) is 39.2 Å². The zero-order valence-electron chi connectivity index (χ0n) is 12.6. The fraction of sp³-hybridized carbons (Fsp3) is 0.846. The third-order valence-corrected chi connectivity index (χ3v) is 3.67. The smallest absolute Gasteiger partial charge is 0.303 e. The van der Waals surface area contributed by atoms with Crippen LogP contribution in [0.3, 0.4) is 0 Å². The molecule has 0 rings (SSSR count). The average Bonchev–Trinajstić information content (AvgIpc) is 2.35. The number of aliphatic carboxylic acids is 1. The molecule has 0 aliphatic rings. The summed E-state index contributed by atoms with van der Waals surface area (Å²) in [6.07, 6.45) is -0.158. The maximum Gasteiger partial charge on any atom is 0.303 e. The van der Waals surface area contributed by atoms with E-state index in [1.165, 1.54) is 12.0 Å². The number of amides is 1. The van der Waals surface area contributed by atoms with Crippen molar-refractivity contribution in [1.29, 1.82) is 0 Å². The molecule has 0 spiro atoms. The van der Waals surface area contributed by atoms with Crippen LogP contribution in [-0.4, -0.2) is 48.6 Å². The molecule has 0 aromatic rings. The quantitative estimate of drug-likeness (QED) is 0.446. The van der Waals surface area contributed by atoms with Crippen LogP contribution in [0.4, 0.5) is 0 Å². The van der Waals surface area contributed by atoms with Gasteiger partial charge in [-0.25, -0.2) is 0 Å². The molecule has 7 heteroatoms. The maximum atomic E-state index is 11.6. The van der Waals surface area contributed by atoms with Gasteiger partial charge in [-0.05, 0) is 25.9 Å². The molecule has 0 aromatic heterocycles. The summed E-state index contributed by atoms with van der Waals surface area (Å²) < 4.78 is 10.4. The molecule has 0 fully saturated rings. The largest absolute Gasteiger partial charge is 0.481 e. The second-order valence-electron chi connectivity index (χ2n) is 5.16. The van der Waals surface area contributed by atoms with E-state index in [1.54, 1.807) is 7.11 Å². The Kier molecular flexibility index (Phi) is 9.62. The molecule has 0 aliphatic carbocycles. The van der Waals surface area contributed by atoms with Crippen LogP contribution in [0, 0.1) is 5.92 Å². The number of hydrogen-bond acceptors (Lipinski definition) is 5. The van der Waals surface area contributed by atoms with Gasteiger partial charge in [-0.15, -0.1) is 0 Å². The molecule has 0 radical (unpaired) electrons. The second-order valence-corrected chi connectivity index (χ2v) is 6.04. The van der Waals surface area contributed by atoms with Crippen LogP contribution in [-0.2, 0) is 18.5 Å². The van der Waals surface area contributed by atoms with Gasteiger partial charge in [0, 0.05) is 30.7 Å². The minimum atomic E-state index is -0.969. The lowest BCUT2D eigenvalue weighted by Crippen LogP contribution is -2.49. The van der Waals surface area contributed by atoms with Crippen molar-refractivity contribution >= 4 is 23.9 Å². The number of methoxy groups -OCH3 is 1. The van der Waals surface area contributed by atoms with Crippen molar-refractivity contribution in [2.75, 3.05) is 26.1 Å². The first kappa shape index (κ1) is 19.2. The Labute approximate surface area is 124 Å². The van der Waals surface area contributed by atoms with Gasteiger partial charge >= 0.3 is 5.97 Å². The molecule has 0 saturated carbocycles. The molecule has 1 atom stereocenters. The summed E-state index contributed by atoms with van der Waals surface area (Å²) in [6.45, 7) is 6.92. The normalized spacial score (nSPS) is 13.0. The highest BCUT2D eigenvalue weighted by molar-refractivity contribution is 7.94. The zero-order chi connectivity index (χ0) is 15.6. The summed E-state index contributed by atoms with van der Waals surface area (Å²) in [5, 5.41) is 11.4. The van der Waals surface area contributed by atoms with E-state index in [1.807, 2.05) is 20.8 Å². The molecule has 0 aromatic carbocycles. The van der Waals surface area contributed by atoms with Crippen molar-refractivity contribution in [3.8, 4) is 0 Å². The Morgan fingerprint density at radius 2 is 2.00 bits per heavy atom. The second kappa shape index (κ2) is 10.0. The van der Waals surface area contributed by atoms with Gasteiger partial charge in [0.05, 0.1) is 19.6 Å². The van der Waals surface area contributed by atoms with Gasteiger partial charge in [0.1, 0.15) is 0 Å². The summed E-state index contributed by atoms with van der Waals surface area (Å²) in [7, 11) is 1.64. The van der Waals surface area contributed by atoms with E-state index in [0.717, 1.165) is 5.75 Å². The van der Waals surface area contributed by atoms with Crippen molar-refractivity contribution < 1.29 is 23.6 Å². The monoisotopic (exact) mass is 307 g/mol. The molecule has 0 heterocycles. The minimum absolute atomic E-state index is 0.00503. The number of ether oxygens (including phenoxy) is 1. The fourth-order valence-electron chi connectivity index (χ4n) is 1.30. The van der Waals surface area contributed by atoms with Gasteiger partial charge in [-0.1, -0.05) is 6.92 Å². The number of nitrogens with one attached hydrogen (secondary N) is 1. The van der Waals surface area contributed by atoms with E-state index < -0.39 is 11.5 Å². The standard InChI is InChI=1S/C13H25NO5S/c1-10(9-19-20-8-7-18-4)13(2,3)14-11(15)5-6-12(16)17/h10H,5-9H2,1-4H3,(H,14,15)(H,16,17). The predicted molar refractivity (Wildman–Crippen MR) is 78.5 cm³/mol.